The minimum atomic E-state index is -0.0573. The van der Waals surface area contributed by atoms with Crippen LogP contribution in [0.3, 0.4) is 0 Å². The molecular weight excluding hydrogens is 366 g/mol. The Hall–Kier alpha value is -2.87. The lowest BCUT2D eigenvalue weighted by Gasteiger charge is -2.36. The second-order valence-electron chi connectivity index (χ2n) is 6.12. The van der Waals surface area contributed by atoms with Gasteiger partial charge in [0.05, 0.1) is 17.4 Å². The molecule has 27 heavy (non-hydrogen) atoms. The molecule has 3 aromatic rings. The minimum Gasteiger partial charge on any atom is -0.494 e. The number of hydrogen-bond donors (Lipinski definition) is 0. The van der Waals surface area contributed by atoms with Crippen molar-refractivity contribution in [3.63, 3.8) is 0 Å². The van der Waals surface area contributed by atoms with Crippen molar-refractivity contribution in [2.75, 3.05) is 26.3 Å². The van der Waals surface area contributed by atoms with Gasteiger partial charge in [-0.2, -0.15) is 4.98 Å². The molecule has 8 heteroatoms. The molecule has 1 aromatic carbocycles. The first-order valence-electron chi connectivity index (χ1n) is 8.74. The van der Waals surface area contributed by atoms with Crippen LogP contribution < -0.4 is 9.47 Å². The average Bonchev–Trinajstić information content (AvgIpc) is 3.32. The van der Waals surface area contributed by atoms with Crippen LogP contribution in [0.4, 0.5) is 0 Å². The third-order valence-electron chi connectivity index (χ3n) is 4.26. The lowest BCUT2D eigenvalue weighted by atomic mass is 10.0. The van der Waals surface area contributed by atoms with Crippen molar-refractivity contribution >= 4 is 17.2 Å². The largest absolute Gasteiger partial charge is 0.494 e. The van der Waals surface area contributed by atoms with Gasteiger partial charge >= 0.3 is 0 Å². The maximum Gasteiger partial charge on any atom is 0.260 e. The van der Waals surface area contributed by atoms with Crippen LogP contribution >= 0.6 is 11.3 Å². The number of likely N-dealkylation sites (tertiary alicyclic amines) is 1. The van der Waals surface area contributed by atoms with Crippen LogP contribution in [-0.4, -0.2) is 47.3 Å². The lowest BCUT2D eigenvalue weighted by Crippen LogP contribution is -2.50. The Kier molecular flexibility index (Phi) is 5.06. The second kappa shape index (κ2) is 7.79. The van der Waals surface area contributed by atoms with E-state index in [4.69, 9.17) is 14.0 Å². The second-order valence-corrected chi connectivity index (χ2v) is 7.07. The molecule has 4 rings (SSSR count). The van der Waals surface area contributed by atoms with E-state index in [2.05, 4.69) is 10.1 Å². The molecule has 0 unspecified atom stereocenters. The number of benzene rings is 1. The van der Waals surface area contributed by atoms with E-state index in [1.54, 1.807) is 28.4 Å². The third-order valence-corrected chi connectivity index (χ3v) is 5.13. The zero-order valence-corrected chi connectivity index (χ0v) is 15.6. The molecule has 2 aromatic heterocycles. The van der Waals surface area contributed by atoms with Gasteiger partial charge in [-0.3, -0.25) is 4.79 Å². The fraction of sp³-hybridized carbons (Fsp3) is 0.316. The standard InChI is InChI=1S/C19H19N3O4S/c1-2-24-14-5-7-15(8-6-14)25-12-17(23)22-10-13(11-22)19-20-18(21-26-19)16-4-3-9-27-16/h3-9,13H,2,10-12H2,1H3. The number of hydrogen-bond acceptors (Lipinski definition) is 7. The summed E-state index contributed by atoms with van der Waals surface area (Å²) in [6.07, 6.45) is 0. The van der Waals surface area contributed by atoms with E-state index in [1.165, 1.54) is 0 Å². The SMILES string of the molecule is CCOc1ccc(OCC(=O)N2CC(c3nc(-c4cccs4)no3)C2)cc1. The summed E-state index contributed by atoms with van der Waals surface area (Å²) < 4.78 is 16.3. The van der Waals surface area contributed by atoms with Crippen LogP contribution in [0.1, 0.15) is 18.7 Å². The minimum absolute atomic E-state index is 0.00494. The third kappa shape index (κ3) is 3.95. The summed E-state index contributed by atoms with van der Waals surface area (Å²) in [5.41, 5.74) is 0. The molecule has 1 amide bonds. The topological polar surface area (TPSA) is 77.7 Å². The highest BCUT2D eigenvalue weighted by atomic mass is 32.1. The van der Waals surface area contributed by atoms with Gasteiger partial charge in [-0.1, -0.05) is 11.2 Å². The molecule has 1 aliphatic heterocycles. The van der Waals surface area contributed by atoms with E-state index >= 15 is 0 Å². The van der Waals surface area contributed by atoms with Gasteiger partial charge in [0.25, 0.3) is 5.91 Å². The number of thiophene rings is 1. The predicted octanol–water partition coefficient (Wildman–Crippen LogP) is 3.20. The summed E-state index contributed by atoms with van der Waals surface area (Å²) in [5.74, 6) is 2.63. The Morgan fingerprint density at radius 1 is 1.22 bits per heavy atom. The molecule has 0 bridgehead atoms. The number of rotatable bonds is 7. The van der Waals surface area contributed by atoms with Gasteiger partial charge in [0.15, 0.2) is 6.61 Å². The number of carbonyl (C=O) groups excluding carboxylic acids is 1. The maximum atomic E-state index is 12.2. The van der Waals surface area contributed by atoms with Crippen LogP contribution in [-0.2, 0) is 4.79 Å². The van der Waals surface area contributed by atoms with E-state index in [9.17, 15) is 4.79 Å². The average molecular weight is 385 g/mol. The van der Waals surface area contributed by atoms with Crippen molar-refractivity contribution in [3.05, 3.63) is 47.7 Å². The Bertz CT molecular complexity index is 886. The molecule has 0 saturated carbocycles. The Balaban J connectivity index is 1.25. The number of ether oxygens (including phenoxy) is 2. The van der Waals surface area contributed by atoms with Gasteiger partial charge in [-0.05, 0) is 42.6 Å². The molecule has 7 nitrogen and oxygen atoms in total. The molecule has 3 heterocycles. The van der Waals surface area contributed by atoms with Crippen molar-refractivity contribution in [3.8, 4) is 22.2 Å². The zero-order valence-electron chi connectivity index (χ0n) is 14.8. The van der Waals surface area contributed by atoms with E-state index < -0.39 is 0 Å². The van der Waals surface area contributed by atoms with E-state index in [0.29, 0.717) is 37.2 Å². The van der Waals surface area contributed by atoms with Gasteiger partial charge in [-0.15, -0.1) is 11.3 Å². The van der Waals surface area contributed by atoms with Gasteiger partial charge in [-0.25, -0.2) is 0 Å². The summed E-state index contributed by atoms with van der Waals surface area (Å²) in [6.45, 7) is 3.68. The molecule has 0 N–H and O–H groups in total. The molecule has 0 radical (unpaired) electrons. The molecule has 1 aliphatic rings. The van der Waals surface area contributed by atoms with Crippen LogP contribution in [0.2, 0.25) is 0 Å². The summed E-state index contributed by atoms with van der Waals surface area (Å²) in [4.78, 5) is 19.4. The predicted molar refractivity (Wildman–Crippen MR) is 100 cm³/mol. The van der Waals surface area contributed by atoms with Crippen LogP contribution in [0.5, 0.6) is 11.5 Å². The number of nitrogens with zero attached hydrogens (tertiary/aromatic N) is 3. The molecular formula is C19H19N3O4S. The summed E-state index contributed by atoms with van der Waals surface area (Å²) in [7, 11) is 0. The fourth-order valence-electron chi connectivity index (χ4n) is 2.78. The van der Waals surface area contributed by atoms with Crippen LogP contribution in [0, 0.1) is 0 Å². The van der Waals surface area contributed by atoms with Crippen molar-refractivity contribution in [1.82, 2.24) is 15.0 Å². The molecule has 0 aliphatic carbocycles. The highest BCUT2D eigenvalue weighted by molar-refractivity contribution is 7.13. The molecule has 0 spiro atoms. The van der Waals surface area contributed by atoms with Crippen LogP contribution in [0.25, 0.3) is 10.7 Å². The lowest BCUT2D eigenvalue weighted by molar-refractivity contribution is -0.138. The van der Waals surface area contributed by atoms with E-state index in [-0.39, 0.29) is 18.4 Å². The van der Waals surface area contributed by atoms with Crippen LogP contribution in [0.15, 0.2) is 46.3 Å². The first-order chi connectivity index (χ1) is 13.2. The van der Waals surface area contributed by atoms with Gasteiger partial charge in [0.2, 0.25) is 11.7 Å². The van der Waals surface area contributed by atoms with Gasteiger partial charge < -0.3 is 18.9 Å². The number of amides is 1. The van der Waals surface area contributed by atoms with Crippen molar-refractivity contribution in [2.45, 2.75) is 12.8 Å². The molecule has 1 fully saturated rings. The zero-order chi connectivity index (χ0) is 18.6. The summed E-state index contributed by atoms with van der Waals surface area (Å²) in [6, 6.07) is 11.1. The first-order valence-corrected chi connectivity index (χ1v) is 9.62. The van der Waals surface area contributed by atoms with E-state index in [0.717, 1.165) is 10.6 Å². The van der Waals surface area contributed by atoms with Gasteiger partial charge in [0, 0.05) is 13.1 Å². The Labute approximate surface area is 160 Å². The first kappa shape index (κ1) is 17.5. The van der Waals surface area contributed by atoms with Crippen molar-refractivity contribution in [2.24, 2.45) is 0 Å². The fourth-order valence-corrected chi connectivity index (χ4v) is 3.43. The summed E-state index contributed by atoms with van der Waals surface area (Å²) >= 11 is 1.57. The van der Waals surface area contributed by atoms with Gasteiger partial charge in [0.1, 0.15) is 11.5 Å². The quantitative estimate of drug-likeness (QED) is 0.622. The van der Waals surface area contributed by atoms with Crippen molar-refractivity contribution < 1.29 is 18.8 Å². The normalized spacial score (nSPS) is 14.0. The highest BCUT2D eigenvalue weighted by Gasteiger charge is 2.35. The molecule has 140 valence electrons. The molecule has 0 atom stereocenters. The number of aromatic nitrogens is 2. The summed E-state index contributed by atoms with van der Waals surface area (Å²) in [5, 5.41) is 5.99. The Morgan fingerprint density at radius 2 is 1.96 bits per heavy atom. The smallest absolute Gasteiger partial charge is 0.260 e. The Morgan fingerprint density at radius 3 is 2.63 bits per heavy atom. The highest BCUT2D eigenvalue weighted by Crippen LogP contribution is 2.29. The molecule has 1 saturated heterocycles. The monoisotopic (exact) mass is 385 g/mol. The number of carbonyl (C=O) groups is 1. The van der Waals surface area contributed by atoms with E-state index in [1.807, 2.05) is 36.6 Å². The maximum absolute atomic E-state index is 12.2. The van der Waals surface area contributed by atoms with Crippen molar-refractivity contribution in [1.29, 1.82) is 0 Å².